The summed E-state index contributed by atoms with van der Waals surface area (Å²) in [7, 11) is -3.99. The van der Waals surface area contributed by atoms with Crippen molar-refractivity contribution in [3.05, 3.63) is 49.7 Å². The van der Waals surface area contributed by atoms with Gasteiger partial charge in [0.1, 0.15) is 0 Å². The van der Waals surface area contributed by atoms with Crippen LogP contribution in [0.25, 0.3) is 3.58 Å². The number of H-pyrrole nitrogens is 1. The van der Waals surface area contributed by atoms with Crippen LogP contribution in [0, 0.1) is 0 Å². The number of aromatic nitrogens is 2. The normalized spacial score (nSPS) is 12.3. The second-order valence-electron chi connectivity index (χ2n) is 7.29. The molecule has 0 saturated heterocycles. The molecule has 1 N–H and O–H groups in total. The van der Waals surface area contributed by atoms with Gasteiger partial charge in [0.25, 0.3) is 5.56 Å². The SMILES string of the molecule is CC(C)OC(=O)OCOP(=O)(C/C=C/Cn1cc(/C(I)=C/Br)c(=O)[nH]c1=O)OCOC(=O)OC(C)C. The molecular weight excluding hydrogens is 682 g/mol. The molecule has 1 heterocycles. The third kappa shape index (κ3) is 12.3. The third-order valence-corrected chi connectivity index (χ3v) is 7.54. The lowest BCUT2D eigenvalue weighted by Crippen LogP contribution is -2.30. The van der Waals surface area contributed by atoms with Crippen molar-refractivity contribution >= 4 is 62.0 Å². The van der Waals surface area contributed by atoms with E-state index in [0.717, 1.165) is 0 Å². The Morgan fingerprint density at radius 2 is 1.58 bits per heavy atom. The van der Waals surface area contributed by atoms with Crippen LogP contribution in [0.1, 0.15) is 33.3 Å². The molecular formula is C20H27BrIN2O11P. The topological polar surface area (TPSA) is 161 Å². The molecule has 202 valence electrons. The van der Waals surface area contributed by atoms with Crippen molar-refractivity contribution in [1.82, 2.24) is 9.55 Å². The first-order chi connectivity index (χ1) is 16.9. The zero-order valence-corrected chi connectivity index (χ0v) is 24.6. The number of ether oxygens (including phenoxy) is 4. The van der Waals surface area contributed by atoms with E-state index in [9.17, 15) is 23.7 Å². The molecule has 1 rings (SSSR count). The number of rotatable bonds is 13. The van der Waals surface area contributed by atoms with Crippen molar-refractivity contribution in [3.8, 4) is 0 Å². The van der Waals surface area contributed by atoms with Gasteiger partial charge in [-0.25, -0.2) is 14.4 Å². The summed E-state index contributed by atoms with van der Waals surface area (Å²) < 4.78 is 44.0. The number of aromatic amines is 1. The summed E-state index contributed by atoms with van der Waals surface area (Å²) in [5.74, 6) is 0. The Labute approximate surface area is 228 Å². The fourth-order valence-corrected chi connectivity index (χ4v) is 3.92. The maximum Gasteiger partial charge on any atom is 0.510 e. The summed E-state index contributed by atoms with van der Waals surface area (Å²) in [5, 5.41) is 0. The van der Waals surface area contributed by atoms with Gasteiger partial charge in [-0.15, -0.1) is 0 Å². The molecule has 0 fully saturated rings. The van der Waals surface area contributed by atoms with Crippen molar-refractivity contribution in [2.45, 2.75) is 46.4 Å². The molecule has 0 amide bonds. The highest BCUT2D eigenvalue weighted by molar-refractivity contribution is 14.1. The predicted molar refractivity (Wildman–Crippen MR) is 141 cm³/mol. The van der Waals surface area contributed by atoms with E-state index >= 15 is 0 Å². The van der Waals surface area contributed by atoms with Gasteiger partial charge in [-0.2, -0.15) is 0 Å². The molecule has 0 unspecified atom stereocenters. The fourth-order valence-electron chi connectivity index (χ4n) is 2.17. The molecule has 36 heavy (non-hydrogen) atoms. The monoisotopic (exact) mass is 708 g/mol. The van der Waals surface area contributed by atoms with E-state index in [-0.39, 0.29) is 18.3 Å². The number of halogens is 2. The standard InChI is InChI=1S/C20H27BrIN2O11P/c1-13(2)34-19(27)30-11-32-36(29,33-12-31-20(28)35-14(3)4)8-6-5-7-24-10-15(16(22)9-21)17(25)23-18(24)26/h5-6,9-10,13-14H,7-8,11-12H2,1-4H3,(H,23,25,26)/b6-5+,16-9-. The molecule has 0 aliphatic rings. The average molecular weight is 709 g/mol. The number of allylic oxidation sites excluding steroid dienone is 2. The number of hydrogen-bond acceptors (Lipinski definition) is 11. The molecule has 16 heteroatoms. The first kappa shape index (κ1) is 32.1. The van der Waals surface area contributed by atoms with Crippen molar-refractivity contribution in [2.24, 2.45) is 0 Å². The van der Waals surface area contributed by atoms with Gasteiger partial charge in [-0.1, -0.05) is 28.1 Å². The highest BCUT2D eigenvalue weighted by Crippen LogP contribution is 2.48. The third-order valence-electron chi connectivity index (χ3n) is 3.68. The van der Waals surface area contributed by atoms with Crippen molar-refractivity contribution in [2.75, 3.05) is 19.7 Å². The van der Waals surface area contributed by atoms with Gasteiger partial charge in [-0.05, 0) is 55.3 Å². The predicted octanol–water partition coefficient (Wildman–Crippen LogP) is 4.49. The lowest BCUT2D eigenvalue weighted by atomic mass is 10.3. The Morgan fingerprint density at radius 1 is 1.06 bits per heavy atom. The smallest absolute Gasteiger partial charge is 0.432 e. The van der Waals surface area contributed by atoms with Gasteiger partial charge >= 0.3 is 25.6 Å². The van der Waals surface area contributed by atoms with Gasteiger partial charge in [0.05, 0.1) is 23.9 Å². The summed E-state index contributed by atoms with van der Waals surface area (Å²) in [6.45, 7) is 4.96. The van der Waals surface area contributed by atoms with Crippen molar-refractivity contribution < 1.29 is 42.1 Å². The van der Waals surface area contributed by atoms with E-state index in [1.54, 1.807) is 27.7 Å². The van der Waals surface area contributed by atoms with Gasteiger partial charge in [0, 0.05) is 16.3 Å². The Balaban J connectivity index is 2.86. The van der Waals surface area contributed by atoms with Crippen LogP contribution in [-0.4, -0.2) is 53.8 Å². The molecule has 0 atom stereocenters. The van der Waals surface area contributed by atoms with Crippen LogP contribution in [0.5, 0.6) is 0 Å². The Bertz CT molecular complexity index is 1080. The van der Waals surface area contributed by atoms with Crippen LogP contribution < -0.4 is 11.2 Å². The van der Waals surface area contributed by atoms with E-state index in [4.69, 9.17) is 28.0 Å². The van der Waals surface area contributed by atoms with Gasteiger partial charge < -0.3 is 18.9 Å². The number of carbonyl (C=O) groups is 2. The van der Waals surface area contributed by atoms with Crippen LogP contribution in [0.15, 0.2) is 32.9 Å². The highest BCUT2D eigenvalue weighted by Gasteiger charge is 2.25. The zero-order chi connectivity index (χ0) is 27.3. The number of carbonyl (C=O) groups excluding carboxylic acids is 2. The largest absolute Gasteiger partial charge is 0.510 e. The summed E-state index contributed by atoms with van der Waals surface area (Å²) >= 11 is 5.06. The van der Waals surface area contributed by atoms with Crippen LogP contribution >= 0.6 is 46.1 Å². The molecule has 0 spiro atoms. The first-order valence-electron chi connectivity index (χ1n) is 10.4. The second-order valence-corrected chi connectivity index (χ2v) is 11.0. The molecule has 1 aromatic rings. The first-order valence-corrected chi connectivity index (χ1v) is 14.1. The number of hydrogen-bond donors (Lipinski definition) is 1. The Kier molecular flexibility index (Phi) is 14.3. The minimum Gasteiger partial charge on any atom is -0.432 e. The molecule has 1 aromatic heterocycles. The Morgan fingerprint density at radius 3 is 2.06 bits per heavy atom. The molecule has 0 bridgehead atoms. The summed E-state index contributed by atoms with van der Waals surface area (Å²) in [6.07, 6.45) is 0.968. The maximum atomic E-state index is 13.0. The van der Waals surface area contributed by atoms with Crippen LogP contribution in [0.3, 0.4) is 0 Å². The highest BCUT2D eigenvalue weighted by atomic mass is 127. The molecule has 0 aliphatic heterocycles. The van der Waals surface area contributed by atoms with Crippen LogP contribution in [-0.2, 0) is 39.1 Å². The molecule has 0 aromatic carbocycles. The molecule has 0 saturated carbocycles. The minimum absolute atomic E-state index is 0.0171. The minimum atomic E-state index is -3.99. The molecule has 0 radical (unpaired) electrons. The van der Waals surface area contributed by atoms with E-state index in [2.05, 4.69) is 20.9 Å². The van der Waals surface area contributed by atoms with Gasteiger partial charge in [-0.3, -0.25) is 28.0 Å². The van der Waals surface area contributed by atoms with Gasteiger partial charge in [0.2, 0.25) is 13.6 Å². The lowest BCUT2D eigenvalue weighted by Gasteiger charge is -2.17. The number of nitrogens with zero attached hydrogens (tertiary/aromatic N) is 1. The van der Waals surface area contributed by atoms with Crippen LogP contribution in [0.4, 0.5) is 9.59 Å². The lowest BCUT2D eigenvalue weighted by molar-refractivity contribution is -0.0298. The average Bonchev–Trinajstić information content (AvgIpc) is 2.76. The summed E-state index contributed by atoms with van der Waals surface area (Å²) in [5.41, 5.74) is -0.913. The maximum absolute atomic E-state index is 13.0. The van der Waals surface area contributed by atoms with Crippen molar-refractivity contribution in [1.29, 1.82) is 0 Å². The quantitative estimate of drug-likeness (QED) is 0.101. The summed E-state index contributed by atoms with van der Waals surface area (Å²) in [6, 6.07) is 0. The van der Waals surface area contributed by atoms with E-state index in [0.29, 0.717) is 3.58 Å². The Hall–Kier alpha value is -1.94. The van der Waals surface area contributed by atoms with Crippen molar-refractivity contribution in [3.63, 3.8) is 0 Å². The van der Waals surface area contributed by atoms with E-state index in [1.807, 2.05) is 22.6 Å². The summed E-state index contributed by atoms with van der Waals surface area (Å²) in [4.78, 5) is 50.8. The fraction of sp³-hybridized carbons (Fsp3) is 0.500. The molecule has 13 nitrogen and oxygen atoms in total. The zero-order valence-electron chi connectivity index (χ0n) is 19.9. The van der Waals surface area contributed by atoms with E-state index in [1.165, 1.54) is 27.9 Å². The van der Waals surface area contributed by atoms with E-state index < -0.39 is 56.9 Å². The molecule has 0 aliphatic carbocycles. The number of nitrogens with one attached hydrogen (secondary N) is 1. The second kappa shape index (κ2) is 16.0. The van der Waals surface area contributed by atoms with Gasteiger partial charge in [0.15, 0.2) is 0 Å². The van der Waals surface area contributed by atoms with Crippen LogP contribution in [0.2, 0.25) is 0 Å².